The zero-order valence-corrected chi connectivity index (χ0v) is 10.8. The lowest BCUT2D eigenvalue weighted by Gasteiger charge is -2.29. The van der Waals surface area contributed by atoms with Gasteiger partial charge in [-0.3, -0.25) is 0 Å². The van der Waals surface area contributed by atoms with E-state index in [0.717, 1.165) is 11.3 Å². The van der Waals surface area contributed by atoms with Crippen LogP contribution in [0.25, 0.3) is 0 Å². The van der Waals surface area contributed by atoms with Crippen molar-refractivity contribution < 1.29 is 18.9 Å². The van der Waals surface area contributed by atoms with Gasteiger partial charge >= 0.3 is 0 Å². The average Bonchev–Trinajstić information content (AvgIpc) is 2.88. The Hall–Kier alpha value is -1.30. The largest absolute Gasteiger partial charge is 0.497 e. The van der Waals surface area contributed by atoms with Crippen LogP contribution in [0.15, 0.2) is 18.2 Å². The summed E-state index contributed by atoms with van der Waals surface area (Å²) in [6, 6.07) is 5.58. The monoisotopic (exact) mass is 253 g/mol. The van der Waals surface area contributed by atoms with E-state index >= 15 is 0 Å². The first kappa shape index (κ1) is 13.1. The molecule has 100 valence electrons. The van der Waals surface area contributed by atoms with Gasteiger partial charge in [0.25, 0.3) is 0 Å². The van der Waals surface area contributed by atoms with Crippen molar-refractivity contribution in [3.63, 3.8) is 0 Å². The predicted octanol–water partition coefficient (Wildman–Crippen LogP) is 1.25. The van der Waals surface area contributed by atoms with Crippen molar-refractivity contribution in [2.45, 2.75) is 12.2 Å². The Morgan fingerprint density at radius 1 is 1.22 bits per heavy atom. The molecule has 1 aromatic carbocycles. The normalized spacial score (nSPS) is 17.7. The van der Waals surface area contributed by atoms with E-state index in [0.29, 0.717) is 31.9 Å². The molecule has 1 aliphatic rings. The molecule has 1 aromatic rings. The van der Waals surface area contributed by atoms with E-state index in [-0.39, 0.29) is 0 Å². The van der Waals surface area contributed by atoms with Crippen molar-refractivity contribution in [1.29, 1.82) is 0 Å². The van der Waals surface area contributed by atoms with Gasteiger partial charge in [-0.2, -0.15) is 0 Å². The van der Waals surface area contributed by atoms with Gasteiger partial charge in [0.2, 0.25) is 0 Å². The lowest BCUT2D eigenvalue weighted by molar-refractivity contribution is -0.169. The Morgan fingerprint density at radius 2 is 1.94 bits per heavy atom. The van der Waals surface area contributed by atoms with E-state index in [4.69, 9.17) is 24.7 Å². The molecule has 2 rings (SSSR count). The van der Waals surface area contributed by atoms with Crippen LogP contribution in [0.3, 0.4) is 0 Å². The van der Waals surface area contributed by atoms with Gasteiger partial charge in [-0.05, 0) is 18.7 Å². The number of methoxy groups -OCH3 is 2. The zero-order chi connectivity index (χ0) is 13.0. The maximum Gasteiger partial charge on any atom is 0.199 e. The summed E-state index contributed by atoms with van der Waals surface area (Å²) in [5, 5.41) is 0. The molecule has 0 unspecified atom stereocenters. The van der Waals surface area contributed by atoms with E-state index in [9.17, 15) is 0 Å². The van der Waals surface area contributed by atoms with Crippen LogP contribution in [-0.4, -0.2) is 34.0 Å². The Kier molecular flexibility index (Phi) is 4.06. The minimum absolute atomic E-state index is 0.481. The number of nitrogens with two attached hydrogens (primary N) is 1. The van der Waals surface area contributed by atoms with E-state index in [1.165, 1.54) is 0 Å². The number of hydrogen-bond acceptors (Lipinski definition) is 5. The molecule has 0 amide bonds. The molecule has 18 heavy (non-hydrogen) atoms. The fraction of sp³-hybridized carbons (Fsp3) is 0.538. The maximum absolute atomic E-state index is 5.76. The molecule has 0 spiro atoms. The molecule has 1 heterocycles. The van der Waals surface area contributed by atoms with Crippen LogP contribution >= 0.6 is 0 Å². The molecule has 0 radical (unpaired) electrons. The molecule has 0 saturated carbocycles. The summed E-state index contributed by atoms with van der Waals surface area (Å²) in [5.41, 5.74) is 6.51. The smallest absolute Gasteiger partial charge is 0.199 e. The van der Waals surface area contributed by atoms with Crippen LogP contribution in [0.4, 0.5) is 0 Å². The van der Waals surface area contributed by atoms with Crippen LogP contribution in [-0.2, 0) is 15.3 Å². The van der Waals surface area contributed by atoms with Crippen LogP contribution < -0.4 is 15.2 Å². The summed E-state index contributed by atoms with van der Waals surface area (Å²) < 4.78 is 22.1. The molecule has 0 bridgehead atoms. The molecule has 0 aliphatic carbocycles. The van der Waals surface area contributed by atoms with Gasteiger partial charge in [0.15, 0.2) is 5.79 Å². The summed E-state index contributed by atoms with van der Waals surface area (Å²) in [7, 11) is 3.23. The highest BCUT2D eigenvalue weighted by Crippen LogP contribution is 2.40. The number of benzene rings is 1. The summed E-state index contributed by atoms with van der Waals surface area (Å²) >= 11 is 0. The third-order valence-corrected chi connectivity index (χ3v) is 3.05. The molecule has 2 N–H and O–H groups in total. The van der Waals surface area contributed by atoms with Crippen molar-refractivity contribution in [1.82, 2.24) is 0 Å². The third kappa shape index (κ3) is 2.29. The lowest BCUT2D eigenvalue weighted by atomic mass is 10.0. The summed E-state index contributed by atoms with van der Waals surface area (Å²) in [4.78, 5) is 0. The molecular formula is C13H19NO4. The Morgan fingerprint density at radius 3 is 2.50 bits per heavy atom. The summed E-state index contributed by atoms with van der Waals surface area (Å²) in [6.45, 7) is 1.61. The van der Waals surface area contributed by atoms with Crippen molar-refractivity contribution in [3.8, 4) is 11.5 Å². The molecule has 5 heteroatoms. The second-order valence-electron chi connectivity index (χ2n) is 4.05. The molecule has 1 aliphatic heterocycles. The van der Waals surface area contributed by atoms with E-state index in [1.54, 1.807) is 14.2 Å². The highest BCUT2D eigenvalue weighted by atomic mass is 16.7. The fourth-order valence-electron chi connectivity index (χ4n) is 2.19. The van der Waals surface area contributed by atoms with Gasteiger partial charge in [0.1, 0.15) is 11.5 Å². The van der Waals surface area contributed by atoms with E-state index < -0.39 is 5.79 Å². The summed E-state index contributed by atoms with van der Waals surface area (Å²) in [6.07, 6.45) is 0.593. The van der Waals surface area contributed by atoms with Crippen LogP contribution in [0, 0.1) is 0 Å². The molecule has 1 fully saturated rings. The quantitative estimate of drug-likeness (QED) is 0.855. The maximum atomic E-state index is 5.76. The summed E-state index contributed by atoms with van der Waals surface area (Å²) in [5.74, 6) is 0.632. The minimum Gasteiger partial charge on any atom is -0.497 e. The predicted molar refractivity (Wildman–Crippen MR) is 66.8 cm³/mol. The second-order valence-corrected chi connectivity index (χ2v) is 4.05. The molecule has 0 aromatic heterocycles. The van der Waals surface area contributed by atoms with Gasteiger partial charge in [0.05, 0.1) is 33.0 Å². The third-order valence-electron chi connectivity index (χ3n) is 3.05. The zero-order valence-electron chi connectivity index (χ0n) is 10.8. The van der Waals surface area contributed by atoms with E-state index in [2.05, 4.69) is 0 Å². The highest BCUT2D eigenvalue weighted by molar-refractivity contribution is 5.43. The Balaban J connectivity index is 2.40. The van der Waals surface area contributed by atoms with Gasteiger partial charge in [-0.15, -0.1) is 0 Å². The highest BCUT2D eigenvalue weighted by Gasteiger charge is 2.40. The fourth-order valence-corrected chi connectivity index (χ4v) is 2.19. The van der Waals surface area contributed by atoms with Crippen molar-refractivity contribution >= 4 is 0 Å². The SMILES string of the molecule is COc1ccc(C2(CCN)OCCO2)c(OC)c1. The molecular weight excluding hydrogens is 234 g/mol. The molecule has 1 saturated heterocycles. The first-order valence-corrected chi connectivity index (χ1v) is 5.96. The first-order chi connectivity index (χ1) is 8.75. The van der Waals surface area contributed by atoms with Gasteiger partial charge in [0, 0.05) is 12.5 Å². The number of ether oxygens (including phenoxy) is 4. The topological polar surface area (TPSA) is 62.9 Å². The van der Waals surface area contributed by atoms with Crippen LogP contribution in [0.2, 0.25) is 0 Å². The van der Waals surface area contributed by atoms with Crippen LogP contribution in [0.1, 0.15) is 12.0 Å². The van der Waals surface area contributed by atoms with Gasteiger partial charge in [-0.25, -0.2) is 0 Å². The minimum atomic E-state index is -0.785. The van der Waals surface area contributed by atoms with Crippen molar-refractivity contribution in [3.05, 3.63) is 23.8 Å². The van der Waals surface area contributed by atoms with Crippen molar-refractivity contribution in [2.75, 3.05) is 34.0 Å². The first-order valence-electron chi connectivity index (χ1n) is 5.96. The Bertz CT molecular complexity index is 402. The van der Waals surface area contributed by atoms with Gasteiger partial charge < -0.3 is 24.7 Å². The van der Waals surface area contributed by atoms with Gasteiger partial charge in [-0.1, -0.05) is 0 Å². The second kappa shape index (κ2) is 5.56. The number of rotatable bonds is 5. The van der Waals surface area contributed by atoms with E-state index in [1.807, 2.05) is 18.2 Å². The molecule has 0 atom stereocenters. The lowest BCUT2D eigenvalue weighted by Crippen LogP contribution is -2.30. The average molecular weight is 253 g/mol. The standard InChI is InChI=1S/C13H19NO4/c1-15-10-3-4-11(12(9-10)16-2)13(5-6-14)17-7-8-18-13/h3-4,9H,5-8,14H2,1-2H3. The number of hydrogen-bond donors (Lipinski definition) is 1. The Labute approximate surface area is 107 Å². The molecule has 5 nitrogen and oxygen atoms in total. The van der Waals surface area contributed by atoms with Crippen molar-refractivity contribution in [2.24, 2.45) is 5.73 Å². The van der Waals surface area contributed by atoms with Crippen LogP contribution in [0.5, 0.6) is 11.5 Å².